The Bertz CT molecular complexity index is 779. The van der Waals surface area contributed by atoms with Crippen LogP contribution in [0.2, 0.25) is 0 Å². The second kappa shape index (κ2) is 5.05. The van der Waals surface area contributed by atoms with E-state index in [-0.39, 0.29) is 0 Å². The second-order valence-electron chi connectivity index (χ2n) is 4.09. The molecule has 102 valence electrons. The van der Waals surface area contributed by atoms with Crippen molar-refractivity contribution in [1.82, 2.24) is 9.38 Å². The van der Waals surface area contributed by atoms with Gasteiger partial charge in [0.2, 0.25) is 0 Å². The minimum Gasteiger partial charge on any atom is -0.493 e. The molecular weight excluding hydrogens is 279 g/mol. The number of ether oxygens (including phenoxy) is 1. The molecule has 0 N–H and O–H groups in total. The van der Waals surface area contributed by atoms with Gasteiger partial charge in [0.25, 0.3) is 0 Å². The Hall–Kier alpha value is -2.21. The molecule has 0 spiro atoms. The quantitative estimate of drug-likeness (QED) is 0.692. The highest BCUT2D eigenvalue weighted by Crippen LogP contribution is 2.33. The highest BCUT2D eigenvalue weighted by molar-refractivity contribution is 7.15. The molecule has 20 heavy (non-hydrogen) atoms. The first-order chi connectivity index (χ1) is 9.74. The zero-order valence-corrected chi connectivity index (χ0v) is 11.5. The molecule has 0 atom stereocenters. The summed E-state index contributed by atoms with van der Waals surface area (Å²) in [6.07, 6.45) is 2.49. The minimum absolute atomic E-state index is 0.392. The standard InChI is InChI=1S/C14H11FN2O2S/c1-2-19-12-4-3-9(15)7-10(12)13-11(8-18)17-5-6-20-14(17)16-13/h3-8H,2H2,1H3. The lowest BCUT2D eigenvalue weighted by Crippen LogP contribution is -1.97. The lowest BCUT2D eigenvalue weighted by Gasteiger charge is -2.09. The van der Waals surface area contributed by atoms with Gasteiger partial charge >= 0.3 is 0 Å². The average Bonchev–Trinajstić information content (AvgIpc) is 3.01. The van der Waals surface area contributed by atoms with Crippen molar-refractivity contribution in [2.45, 2.75) is 6.92 Å². The van der Waals surface area contributed by atoms with E-state index in [1.165, 1.54) is 23.5 Å². The Morgan fingerprint density at radius 3 is 3.10 bits per heavy atom. The summed E-state index contributed by atoms with van der Waals surface area (Å²) in [7, 11) is 0. The van der Waals surface area contributed by atoms with Crippen LogP contribution in [0.5, 0.6) is 5.75 Å². The highest BCUT2D eigenvalue weighted by Gasteiger charge is 2.18. The van der Waals surface area contributed by atoms with Crippen LogP contribution in [0.15, 0.2) is 29.8 Å². The number of imidazole rings is 1. The third kappa shape index (κ3) is 1.98. The van der Waals surface area contributed by atoms with Crippen LogP contribution in [0.3, 0.4) is 0 Å². The second-order valence-corrected chi connectivity index (χ2v) is 4.97. The van der Waals surface area contributed by atoms with Gasteiger partial charge in [-0.1, -0.05) is 0 Å². The number of rotatable bonds is 4. The molecule has 3 rings (SSSR count). The Labute approximate surface area is 118 Å². The molecular formula is C14H11FN2O2S. The summed E-state index contributed by atoms with van der Waals surface area (Å²) in [5.74, 6) is 0.124. The number of hydrogen-bond donors (Lipinski definition) is 0. The van der Waals surface area contributed by atoms with Crippen LogP contribution in [0, 0.1) is 5.82 Å². The molecule has 0 saturated heterocycles. The number of fused-ring (bicyclic) bond motifs is 1. The molecule has 0 saturated carbocycles. The van der Waals surface area contributed by atoms with Gasteiger partial charge in [0, 0.05) is 17.1 Å². The highest BCUT2D eigenvalue weighted by atomic mass is 32.1. The van der Waals surface area contributed by atoms with Crippen LogP contribution in [-0.2, 0) is 0 Å². The van der Waals surface area contributed by atoms with Gasteiger partial charge in [-0.15, -0.1) is 11.3 Å². The minimum atomic E-state index is -0.392. The first kappa shape index (κ1) is 12.8. The van der Waals surface area contributed by atoms with E-state index >= 15 is 0 Å². The van der Waals surface area contributed by atoms with E-state index in [2.05, 4.69) is 4.98 Å². The smallest absolute Gasteiger partial charge is 0.194 e. The number of nitrogens with zero attached hydrogens (tertiary/aromatic N) is 2. The van der Waals surface area contributed by atoms with Crippen molar-refractivity contribution in [3.63, 3.8) is 0 Å². The van der Waals surface area contributed by atoms with Crippen molar-refractivity contribution >= 4 is 22.6 Å². The fourth-order valence-corrected chi connectivity index (χ4v) is 2.80. The largest absolute Gasteiger partial charge is 0.493 e. The third-order valence-electron chi connectivity index (χ3n) is 2.91. The molecule has 2 aromatic heterocycles. The van der Waals surface area contributed by atoms with Gasteiger partial charge in [-0.3, -0.25) is 9.20 Å². The number of benzene rings is 1. The SMILES string of the molecule is CCOc1ccc(F)cc1-c1nc2sccn2c1C=O. The van der Waals surface area contributed by atoms with Crippen LogP contribution in [0.25, 0.3) is 16.2 Å². The fraction of sp³-hybridized carbons (Fsp3) is 0.143. The summed E-state index contributed by atoms with van der Waals surface area (Å²) in [4.78, 5) is 16.4. The van der Waals surface area contributed by atoms with E-state index in [1.807, 2.05) is 12.3 Å². The number of carbonyl (C=O) groups is 1. The van der Waals surface area contributed by atoms with Crippen LogP contribution >= 0.6 is 11.3 Å². The normalized spacial score (nSPS) is 10.9. The topological polar surface area (TPSA) is 43.6 Å². The zero-order chi connectivity index (χ0) is 14.1. The van der Waals surface area contributed by atoms with Crippen molar-refractivity contribution in [1.29, 1.82) is 0 Å². The summed E-state index contributed by atoms with van der Waals surface area (Å²) in [6, 6.07) is 4.22. The number of carbonyl (C=O) groups excluding carboxylic acids is 1. The Kier molecular flexibility index (Phi) is 3.23. The van der Waals surface area contributed by atoms with Crippen molar-refractivity contribution in [3.8, 4) is 17.0 Å². The lowest BCUT2D eigenvalue weighted by atomic mass is 10.1. The molecule has 0 aliphatic heterocycles. The maximum absolute atomic E-state index is 13.5. The summed E-state index contributed by atoms with van der Waals surface area (Å²) in [6.45, 7) is 2.30. The van der Waals surface area contributed by atoms with Crippen molar-refractivity contribution in [3.05, 3.63) is 41.3 Å². The number of aromatic nitrogens is 2. The van der Waals surface area contributed by atoms with Gasteiger partial charge in [0.05, 0.1) is 6.61 Å². The molecule has 2 heterocycles. The van der Waals surface area contributed by atoms with Crippen LogP contribution < -0.4 is 4.74 Å². The first-order valence-corrected chi connectivity index (χ1v) is 6.96. The Morgan fingerprint density at radius 2 is 2.35 bits per heavy atom. The van der Waals surface area contributed by atoms with Gasteiger partial charge < -0.3 is 4.74 Å². The maximum Gasteiger partial charge on any atom is 0.194 e. The molecule has 6 heteroatoms. The average molecular weight is 290 g/mol. The van der Waals surface area contributed by atoms with Gasteiger partial charge in [0.1, 0.15) is 23.0 Å². The van der Waals surface area contributed by atoms with E-state index in [1.54, 1.807) is 16.7 Å². The zero-order valence-electron chi connectivity index (χ0n) is 10.7. The van der Waals surface area contributed by atoms with Gasteiger partial charge in [-0.05, 0) is 25.1 Å². The molecule has 0 radical (unpaired) electrons. The molecule has 0 bridgehead atoms. The Morgan fingerprint density at radius 1 is 1.50 bits per heavy atom. The number of halogens is 1. The maximum atomic E-state index is 13.5. The summed E-state index contributed by atoms with van der Waals surface area (Å²) < 4.78 is 20.7. The molecule has 0 fully saturated rings. The number of thiazole rings is 1. The number of hydrogen-bond acceptors (Lipinski definition) is 4. The summed E-state index contributed by atoms with van der Waals surface area (Å²) >= 11 is 1.41. The van der Waals surface area contributed by atoms with Crippen molar-refractivity contribution < 1.29 is 13.9 Å². The summed E-state index contributed by atoms with van der Waals surface area (Å²) in [5, 5.41) is 1.84. The van der Waals surface area contributed by atoms with Gasteiger partial charge in [-0.2, -0.15) is 0 Å². The van der Waals surface area contributed by atoms with E-state index in [0.29, 0.717) is 34.3 Å². The monoisotopic (exact) mass is 290 g/mol. The van der Waals surface area contributed by atoms with E-state index in [4.69, 9.17) is 4.74 Å². The number of aldehydes is 1. The van der Waals surface area contributed by atoms with Crippen LogP contribution in [0.4, 0.5) is 4.39 Å². The molecule has 1 aromatic carbocycles. The summed E-state index contributed by atoms with van der Waals surface area (Å²) in [5.41, 5.74) is 1.33. The van der Waals surface area contributed by atoms with E-state index < -0.39 is 5.82 Å². The lowest BCUT2D eigenvalue weighted by molar-refractivity contribution is 0.111. The Balaban J connectivity index is 2.26. The first-order valence-electron chi connectivity index (χ1n) is 6.08. The molecule has 3 aromatic rings. The van der Waals surface area contributed by atoms with E-state index in [0.717, 1.165) is 6.29 Å². The molecule has 0 unspecified atom stereocenters. The predicted octanol–water partition coefficient (Wildman–Crippen LogP) is 3.41. The third-order valence-corrected chi connectivity index (χ3v) is 3.66. The van der Waals surface area contributed by atoms with Crippen molar-refractivity contribution in [2.75, 3.05) is 6.61 Å². The van der Waals surface area contributed by atoms with Gasteiger partial charge in [0.15, 0.2) is 11.2 Å². The molecule has 0 aliphatic rings. The molecule has 4 nitrogen and oxygen atoms in total. The molecule has 0 amide bonds. The fourth-order valence-electron chi connectivity index (χ4n) is 2.08. The van der Waals surface area contributed by atoms with E-state index in [9.17, 15) is 9.18 Å². The predicted molar refractivity (Wildman–Crippen MR) is 75.0 cm³/mol. The van der Waals surface area contributed by atoms with Gasteiger partial charge in [-0.25, -0.2) is 9.37 Å². The van der Waals surface area contributed by atoms with Crippen molar-refractivity contribution in [2.24, 2.45) is 0 Å². The molecule has 0 aliphatic carbocycles. The van der Waals surface area contributed by atoms with Crippen LogP contribution in [0.1, 0.15) is 17.4 Å². The van der Waals surface area contributed by atoms with Crippen LogP contribution in [-0.4, -0.2) is 22.3 Å².